The number of carbonyl (C=O) groups is 1. The molecule has 4 nitrogen and oxygen atoms in total. The molecule has 1 fully saturated rings. The van der Waals surface area contributed by atoms with Crippen molar-refractivity contribution < 1.29 is 9.90 Å². The Labute approximate surface area is 91.9 Å². The van der Waals surface area contributed by atoms with Gasteiger partial charge in [0.25, 0.3) is 5.91 Å². The highest BCUT2D eigenvalue weighted by molar-refractivity contribution is 5.81. The molecule has 1 amide bonds. The van der Waals surface area contributed by atoms with Crippen molar-refractivity contribution in [3.8, 4) is 0 Å². The molecular weight excluding hydrogens is 192 g/mol. The molecule has 1 aliphatic heterocycles. The lowest BCUT2D eigenvalue weighted by Crippen LogP contribution is -2.52. The van der Waals surface area contributed by atoms with E-state index < -0.39 is 6.10 Å². The van der Waals surface area contributed by atoms with Crippen molar-refractivity contribution in [2.24, 2.45) is 5.92 Å². The number of amides is 1. The van der Waals surface area contributed by atoms with Crippen LogP contribution in [0.4, 0.5) is 0 Å². The van der Waals surface area contributed by atoms with Gasteiger partial charge in [-0.15, -0.1) is 0 Å². The highest BCUT2D eigenvalue weighted by Gasteiger charge is 2.27. The van der Waals surface area contributed by atoms with E-state index in [9.17, 15) is 9.90 Å². The fourth-order valence-corrected chi connectivity index (χ4v) is 1.76. The van der Waals surface area contributed by atoms with E-state index in [1.807, 2.05) is 13.8 Å². The minimum Gasteiger partial charge on any atom is -0.383 e. The van der Waals surface area contributed by atoms with Crippen molar-refractivity contribution >= 4 is 5.91 Å². The average molecular weight is 214 g/mol. The van der Waals surface area contributed by atoms with Gasteiger partial charge in [0.05, 0.1) is 0 Å². The Morgan fingerprint density at radius 3 is 2.20 bits per heavy atom. The van der Waals surface area contributed by atoms with Crippen LogP contribution in [0.5, 0.6) is 0 Å². The van der Waals surface area contributed by atoms with E-state index in [-0.39, 0.29) is 11.8 Å². The minimum absolute atomic E-state index is 0.00158. The van der Waals surface area contributed by atoms with Crippen molar-refractivity contribution in [1.82, 2.24) is 9.80 Å². The topological polar surface area (TPSA) is 43.8 Å². The summed E-state index contributed by atoms with van der Waals surface area (Å²) in [6.07, 6.45) is -0.835. The summed E-state index contributed by atoms with van der Waals surface area (Å²) in [5, 5.41) is 9.67. The molecule has 1 unspecified atom stereocenters. The standard InChI is InChI=1S/C11H22N2O2/c1-4-12-5-7-13(8-6-12)11(15)10(14)9(2)3/h9-10,14H,4-8H2,1-3H3. The first kappa shape index (κ1) is 12.5. The van der Waals surface area contributed by atoms with E-state index in [0.29, 0.717) is 0 Å². The monoisotopic (exact) mass is 214 g/mol. The molecule has 0 bridgehead atoms. The predicted octanol–water partition coefficient (Wildman–Crippen LogP) is 0.167. The highest BCUT2D eigenvalue weighted by Crippen LogP contribution is 2.08. The van der Waals surface area contributed by atoms with Crippen LogP contribution >= 0.6 is 0 Å². The zero-order valence-electron chi connectivity index (χ0n) is 9.94. The van der Waals surface area contributed by atoms with Crippen LogP contribution < -0.4 is 0 Å². The summed E-state index contributed by atoms with van der Waals surface area (Å²) in [5.41, 5.74) is 0. The number of hydrogen-bond acceptors (Lipinski definition) is 3. The van der Waals surface area contributed by atoms with E-state index in [1.54, 1.807) is 4.90 Å². The van der Waals surface area contributed by atoms with Gasteiger partial charge in [0, 0.05) is 26.2 Å². The molecule has 0 saturated carbocycles. The van der Waals surface area contributed by atoms with E-state index in [4.69, 9.17) is 0 Å². The van der Waals surface area contributed by atoms with Gasteiger partial charge in [0.15, 0.2) is 0 Å². The van der Waals surface area contributed by atoms with Gasteiger partial charge in [-0.1, -0.05) is 20.8 Å². The van der Waals surface area contributed by atoms with Gasteiger partial charge in [-0.2, -0.15) is 0 Å². The first-order valence-corrected chi connectivity index (χ1v) is 5.75. The van der Waals surface area contributed by atoms with Crippen LogP contribution in [0.1, 0.15) is 20.8 Å². The van der Waals surface area contributed by atoms with Gasteiger partial charge < -0.3 is 14.9 Å². The molecule has 1 atom stereocenters. The molecule has 0 aliphatic carbocycles. The van der Waals surface area contributed by atoms with Crippen LogP contribution in [-0.2, 0) is 4.79 Å². The summed E-state index contributed by atoms with van der Waals surface area (Å²) in [6, 6.07) is 0. The number of aliphatic hydroxyl groups is 1. The predicted molar refractivity (Wildman–Crippen MR) is 59.5 cm³/mol. The van der Waals surface area contributed by atoms with E-state index >= 15 is 0 Å². The lowest BCUT2D eigenvalue weighted by atomic mass is 10.1. The fraction of sp³-hybridized carbons (Fsp3) is 0.909. The molecule has 0 aromatic rings. The molecular formula is C11H22N2O2. The third-order valence-electron chi connectivity index (χ3n) is 3.02. The van der Waals surface area contributed by atoms with Crippen LogP contribution in [0.3, 0.4) is 0 Å². The number of piperazine rings is 1. The molecule has 1 rings (SSSR count). The van der Waals surface area contributed by atoms with Crippen LogP contribution in [0.25, 0.3) is 0 Å². The molecule has 1 aliphatic rings. The maximum atomic E-state index is 11.8. The quantitative estimate of drug-likeness (QED) is 0.728. The Hall–Kier alpha value is -0.610. The van der Waals surface area contributed by atoms with Crippen molar-refractivity contribution in [3.05, 3.63) is 0 Å². The zero-order valence-corrected chi connectivity index (χ0v) is 9.94. The van der Waals surface area contributed by atoms with Gasteiger partial charge in [-0.3, -0.25) is 4.79 Å². The van der Waals surface area contributed by atoms with Crippen LogP contribution in [-0.4, -0.2) is 59.6 Å². The van der Waals surface area contributed by atoms with Crippen molar-refractivity contribution in [2.75, 3.05) is 32.7 Å². The molecule has 0 aromatic carbocycles. The number of aliphatic hydroxyl groups excluding tert-OH is 1. The zero-order chi connectivity index (χ0) is 11.4. The molecule has 4 heteroatoms. The summed E-state index contributed by atoms with van der Waals surface area (Å²) in [5.74, 6) is -0.109. The van der Waals surface area contributed by atoms with Crippen molar-refractivity contribution in [2.45, 2.75) is 26.9 Å². The fourth-order valence-electron chi connectivity index (χ4n) is 1.76. The maximum absolute atomic E-state index is 11.8. The van der Waals surface area contributed by atoms with Crippen LogP contribution in [0.2, 0.25) is 0 Å². The van der Waals surface area contributed by atoms with Gasteiger partial charge in [0.2, 0.25) is 0 Å². The van der Waals surface area contributed by atoms with Crippen LogP contribution in [0, 0.1) is 5.92 Å². The normalized spacial score (nSPS) is 20.7. The summed E-state index contributed by atoms with van der Waals surface area (Å²) < 4.78 is 0. The molecule has 1 N–H and O–H groups in total. The van der Waals surface area contributed by atoms with Gasteiger partial charge in [-0.25, -0.2) is 0 Å². The number of carbonyl (C=O) groups excluding carboxylic acids is 1. The summed E-state index contributed by atoms with van der Waals surface area (Å²) in [7, 11) is 0. The molecule has 88 valence electrons. The molecule has 0 radical (unpaired) electrons. The highest BCUT2D eigenvalue weighted by atomic mass is 16.3. The Balaban J connectivity index is 2.42. The van der Waals surface area contributed by atoms with Gasteiger partial charge >= 0.3 is 0 Å². The van der Waals surface area contributed by atoms with Gasteiger partial charge in [0.1, 0.15) is 6.10 Å². The van der Waals surface area contributed by atoms with E-state index in [1.165, 1.54) is 0 Å². The van der Waals surface area contributed by atoms with Crippen molar-refractivity contribution in [1.29, 1.82) is 0 Å². The first-order chi connectivity index (χ1) is 7.06. The largest absolute Gasteiger partial charge is 0.383 e. The SMILES string of the molecule is CCN1CCN(C(=O)C(O)C(C)C)CC1. The van der Waals surface area contributed by atoms with E-state index in [2.05, 4.69) is 11.8 Å². The molecule has 0 aromatic heterocycles. The Morgan fingerprint density at radius 1 is 1.27 bits per heavy atom. The second-order valence-electron chi connectivity index (χ2n) is 4.45. The second-order valence-corrected chi connectivity index (χ2v) is 4.45. The molecule has 15 heavy (non-hydrogen) atoms. The van der Waals surface area contributed by atoms with Crippen LogP contribution in [0.15, 0.2) is 0 Å². The van der Waals surface area contributed by atoms with Gasteiger partial charge in [-0.05, 0) is 12.5 Å². The summed E-state index contributed by atoms with van der Waals surface area (Å²) >= 11 is 0. The maximum Gasteiger partial charge on any atom is 0.251 e. The average Bonchev–Trinajstić information content (AvgIpc) is 2.27. The van der Waals surface area contributed by atoms with E-state index in [0.717, 1.165) is 32.7 Å². The van der Waals surface area contributed by atoms with Crippen molar-refractivity contribution in [3.63, 3.8) is 0 Å². The Morgan fingerprint density at radius 2 is 1.80 bits per heavy atom. The summed E-state index contributed by atoms with van der Waals surface area (Å²) in [4.78, 5) is 15.9. The number of likely N-dealkylation sites (N-methyl/N-ethyl adjacent to an activating group) is 1. The Kier molecular flexibility index (Phi) is 4.54. The lowest BCUT2D eigenvalue weighted by Gasteiger charge is -2.35. The lowest BCUT2D eigenvalue weighted by molar-refractivity contribution is -0.144. The number of nitrogens with zero attached hydrogens (tertiary/aromatic N) is 2. The first-order valence-electron chi connectivity index (χ1n) is 5.75. The smallest absolute Gasteiger partial charge is 0.251 e. The molecule has 1 heterocycles. The molecule has 1 saturated heterocycles. The third-order valence-corrected chi connectivity index (χ3v) is 3.02. The number of rotatable bonds is 3. The molecule has 0 spiro atoms. The summed E-state index contributed by atoms with van der Waals surface area (Å²) in [6.45, 7) is 10.2. The Bertz CT molecular complexity index is 211. The number of hydrogen-bond donors (Lipinski definition) is 1. The minimum atomic E-state index is -0.835. The second kappa shape index (κ2) is 5.47. The third kappa shape index (κ3) is 3.18.